The first kappa shape index (κ1) is 20.1. The first-order valence-corrected chi connectivity index (χ1v) is 8.03. The van der Waals surface area contributed by atoms with Crippen molar-refractivity contribution in [2.45, 2.75) is 19.8 Å². The van der Waals surface area contributed by atoms with Crippen molar-refractivity contribution >= 4 is 36.4 Å². The predicted molar refractivity (Wildman–Crippen MR) is 100 cm³/mol. The largest absolute Gasteiger partial charge is 0.368 e. The average molecular weight is 360 g/mol. The van der Waals surface area contributed by atoms with Gasteiger partial charge in [0.2, 0.25) is 5.91 Å². The molecule has 1 atom stereocenters. The Balaban J connectivity index is 0.00000132. The third kappa shape index (κ3) is 5.00. The highest BCUT2D eigenvalue weighted by molar-refractivity contribution is 5.85. The lowest BCUT2D eigenvalue weighted by molar-refractivity contribution is -0.132. The molecule has 2 heterocycles. The number of carbonyl (C=O) groups excluding carboxylic acids is 1. The summed E-state index contributed by atoms with van der Waals surface area (Å²) in [6.07, 6.45) is 1.87. The van der Waals surface area contributed by atoms with Crippen molar-refractivity contribution in [2.75, 3.05) is 44.2 Å². The Bertz CT molecular complexity index is 498. The van der Waals surface area contributed by atoms with E-state index in [4.69, 9.17) is 0 Å². The van der Waals surface area contributed by atoms with E-state index in [0.717, 1.165) is 52.1 Å². The molecule has 2 aliphatic heterocycles. The van der Waals surface area contributed by atoms with Crippen LogP contribution in [-0.2, 0) is 4.79 Å². The van der Waals surface area contributed by atoms with Crippen LogP contribution < -0.4 is 10.2 Å². The van der Waals surface area contributed by atoms with Crippen LogP contribution in [0.25, 0.3) is 0 Å². The zero-order valence-electron chi connectivity index (χ0n) is 13.7. The van der Waals surface area contributed by atoms with E-state index >= 15 is 0 Å². The molecular formula is C17H27Cl2N3O. The number of amides is 1. The van der Waals surface area contributed by atoms with Crippen LogP contribution >= 0.6 is 24.8 Å². The minimum absolute atomic E-state index is 0. The van der Waals surface area contributed by atoms with Gasteiger partial charge in [-0.3, -0.25) is 4.79 Å². The van der Waals surface area contributed by atoms with Gasteiger partial charge in [0, 0.05) is 38.3 Å². The molecule has 2 aliphatic rings. The molecule has 1 aromatic rings. The Morgan fingerprint density at radius 2 is 1.87 bits per heavy atom. The average Bonchev–Trinajstić information content (AvgIpc) is 3.01. The van der Waals surface area contributed by atoms with Crippen molar-refractivity contribution < 1.29 is 4.79 Å². The topological polar surface area (TPSA) is 35.6 Å². The molecule has 23 heavy (non-hydrogen) atoms. The zero-order chi connectivity index (χ0) is 14.7. The minimum Gasteiger partial charge on any atom is -0.368 e. The molecule has 0 radical (unpaired) electrons. The second-order valence-electron chi connectivity index (χ2n) is 6.22. The summed E-state index contributed by atoms with van der Waals surface area (Å²) in [6.45, 7) is 7.83. The van der Waals surface area contributed by atoms with Gasteiger partial charge in [0.1, 0.15) is 0 Å². The van der Waals surface area contributed by atoms with Crippen molar-refractivity contribution in [3.8, 4) is 0 Å². The smallest absolute Gasteiger partial charge is 0.223 e. The highest BCUT2D eigenvalue weighted by atomic mass is 35.5. The molecule has 130 valence electrons. The Morgan fingerprint density at radius 1 is 1.17 bits per heavy atom. The molecule has 1 amide bonds. The van der Waals surface area contributed by atoms with E-state index in [0.29, 0.717) is 11.8 Å². The van der Waals surface area contributed by atoms with E-state index in [1.165, 1.54) is 11.3 Å². The molecule has 0 aromatic heterocycles. The molecule has 1 unspecified atom stereocenters. The minimum atomic E-state index is 0. The van der Waals surface area contributed by atoms with Gasteiger partial charge in [0.05, 0.1) is 0 Å². The number of aryl methyl sites for hydroxylation is 1. The van der Waals surface area contributed by atoms with Gasteiger partial charge in [0.25, 0.3) is 0 Å². The maximum Gasteiger partial charge on any atom is 0.223 e. The van der Waals surface area contributed by atoms with E-state index in [2.05, 4.69) is 41.4 Å². The number of hydrogen-bond donors (Lipinski definition) is 1. The van der Waals surface area contributed by atoms with Gasteiger partial charge >= 0.3 is 0 Å². The van der Waals surface area contributed by atoms with Gasteiger partial charge in [-0.1, -0.05) is 18.2 Å². The normalized spacial score (nSPS) is 20.7. The van der Waals surface area contributed by atoms with Crippen molar-refractivity contribution in [2.24, 2.45) is 5.92 Å². The monoisotopic (exact) mass is 359 g/mol. The highest BCUT2D eigenvalue weighted by Gasteiger charge is 2.25. The molecule has 0 bridgehead atoms. The van der Waals surface area contributed by atoms with Crippen LogP contribution in [-0.4, -0.2) is 50.1 Å². The summed E-state index contributed by atoms with van der Waals surface area (Å²) in [5.41, 5.74) is 2.62. The van der Waals surface area contributed by atoms with Gasteiger partial charge in [-0.15, -0.1) is 24.8 Å². The fourth-order valence-electron chi connectivity index (χ4n) is 3.38. The zero-order valence-corrected chi connectivity index (χ0v) is 15.3. The molecular weight excluding hydrogens is 333 g/mol. The Hall–Kier alpha value is -0.970. The molecule has 4 nitrogen and oxygen atoms in total. The van der Waals surface area contributed by atoms with E-state index in [1.807, 2.05) is 4.90 Å². The number of benzene rings is 1. The molecule has 2 saturated heterocycles. The lowest BCUT2D eigenvalue weighted by Crippen LogP contribution is -2.49. The standard InChI is InChI=1S/C17H25N3O.2ClH/c1-14-4-2-3-5-16(14)19-8-10-20(11-9-19)17(21)12-15-6-7-18-13-15;;/h2-5,15,18H,6-13H2,1H3;2*1H. The first-order valence-electron chi connectivity index (χ1n) is 8.03. The number of piperazine rings is 1. The van der Waals surface area contributed by atoms with Crippen LogP contribution in [0.1, 0.15) is 18.4 Å². The van der Waals surface area contributed by atoms with Gasteiger partial charge in [0.15, 0.2) is 0 Å². The summed E-state index contributed by atoms with van der Waals surface area (Å²) < 4.78 is 0. The third-order valence-electron chi connectivity index (χ3n) is 4.71. The molecule has 3 rings (SSSR count). The van der Waals surface area contributed by atoms with Crippen molar-refractivity contribution in [1.82, 2.24) is 10.2 Å². The molecule has 0 spiro atoms. The number of hydrogen-bond acceptors (Lipinski definition) is 3. The maximum atomic E-state index is 12.3. The fourth-order valence-corrected chi connectivity index (χ4v) is 3.38. The van der Waals surface area contributed by atoms with Crippen LogP contribution in [0.4, 0.5) is 5.69 Å². The number of halogens is 2. The second kappa shape index (κ2) is 9.36. The van der Waals surface area contributed by atoms with Gasteiger partial charge in [-0.05, 0) is 44.0 Å². The molecule has 0 saturated carbocycles. The summed E-state index contributed by atoms with van der Waals surface area (Å²) in [5, 5.41) is 3.34. The van der Waals surface area contributed by atoms with E-state index in [1.54, 1.807) is 0 Å². The number of nitrogens with zero attached hydrogens (tertiary/aromatic N) is 2. The van der Waals surface area contributed by atoms with Crippen molar-refractivity contribution in [3.63, 3.8) is 0 Å². The predicted octanol–water partition coefficient (Wildman–Crippen LogP) is 2.49. The molecule has 1 N–H and O–H groups in total. The SMILES string of the molecule is Cc1ccccc1N1CCN(C(=O)CC2CCNC2)CC1.Cl.Cl. The van der Waals surface area contributed by atoms with E-state index in [-0.39, 0.29) is 24.8 Å². The number of nitrogens with one attached hydrogen (secondary N) is 1. The Kier molecular flexibility index (Phi) is 8.17. The number of para-hydroxylation sites is 1. The Labute approximate surface area is 151 Å². The van der Waals surface area contributed by atoms with Gasteiger partial charge in [-0.25, -0.2) is 0 Å². The lowest BCUT2D eigenvalue weighted by atomic mass is 10.0. The quantitative estimate of drug-likeness (QED) is 0.900. The van der Waals surface area contributed by atoms with E-state index in [9.17, 15) is 4.79 Å². The van der Waals surface area contributed by atoms with Crippen LogP contribution in [0.15, 0.2) is 24.3 Å². The Morgan fingerprint density at radius 3 is 2.48 bits per heavy atom. The summed E-state index contributed by atoms with van der Waals surface area (Å²) in [7, 11) is 0. The molecule has 0 aliphatic carbocycles. The maximum absolute atomic E-state index is 12.3. The third-order valence-corrected chi connectivity index (χ3v) is 4.71. The molecule has 1 aromatic carbocycles. The van der Waals surface area contributed by atoms with Crippen LogP contribution in [0.5, 0.6) is 0 Å². The van der Waals surface area contributed by atoms with Crippen LogP contribution in [0.2, 0.25) is 0 Å². The van der Waals surface area contributed by atoms with Crippen LogP contribution in [0.3, 0.4) is 0 Å². The van der Waals surface area contributed by atoms with Crippen molar-refractivity contribution in [3.05, 3.63) is 29.8 Å². The number of anilines is 1. The van der Waals surface area contributed by atoms with Crippen molar-refractivity contribution in [1.29, 1.82) is 0 Å². The number of carbonyl (C=O) groups is 1. The fraction of sp³-hybridized carbons (Fsp3) is 0.588. The summed E-state index contributed by atoms with van der Waals surface area (Å²) in [5.74, 6) is 0.889. The number of rotatable bonds is 3. The summed E-state index contributed by atoms with van der Waals surface area (Å²) >= 11 is 0. The molecule has 6 heteroatoms. The summed E-state index contributed by atoms with van der Waals surface area (Å²) in [6, 6.07) is 8.50. The summed E-state index contributed by atoms with van der Waals surface area (Å²) in [4.78, 5) is 16.8. The lowest BCUT2D eigenvalue weighted by Gasteiger charge is -2.37. The first-order chi connectivity index (χ1) is 10.2. The highest BCUT2D eigenvalue weighted by Crippen LogP contribution is 2.21. The molecule has 2 fully saturated rings. The van der Waals surface area contributed by atoms with Gasteiger partial charge < -0.3 is 15.1 Å². The second-order valence-corrected chi connectivity index (χ2v) is 6.22. The van der Waals surface area contributed by atoms with Crippen LogP contribution in [0, 0.1) is 12.8 Å². The van der Waals surface area contributed by atoms with Gasteiger partial charge in [-0.2, -0.15) is 0 Å². The van der Waals surface area contributed by atoms with E-state index < -0.39 is 0 Å².